The molecule has 0 spiro atoms. The first-order valence-electron chi connectivity index (χ1n) is 6.91. The number of hydrogen-bond donors (Lipinski definition) is 1. The van der Waals surface area contributed by atoms with Gasteiger partial charge in [0.2, 0.25) is 10.0 Å². The first-order chi connectivity index (χ1) is 9.77. The number of nitrogens with two attached hydrogens (primary N) is 1. The Hall–Kier alpha value is -1.47. The van der Waals surface area contributed by atoms with Gasteiger partial charge in [0.1, 0.15) is 5.82 Å². The van der Waals surface area contributed by atoms with Crippen molar-refractivity contribution in [2.24, 2.45) is 11.1 Å². The molecule has 1 aromatic carbocycles. The summed E-state index contributed by atoms with van der Waals surface area (Å²) < 4.78 is 37.1. The number of primary sulfonamides is 1. The van der Waals surface area contributed by atoms with Crippen molar-refractivity contribution in [1.82, 2.24) is 4.90 Å². The third-order valence-corrected chi connectivity index (χ3v) is 5.35. The molecule has 114 valence electrons. The van der Waals surface area contributed by atoms with Crippen LogP contribution in [0.1, 0.15) is 35.2 Å². The molecule has 1 aliphatic carbocycles. The molecule has 3 rings (SSSR count). The minimum atomic E-state index is -3.97. The van der Waals surface area contributed by atoms with Gasteiger partial charge in [-0.1, -0.05) is 0 Å². The normalized spacial score (nSPS) is 24.6. The number of halogens is 1. The highest BCUT2D eigenvalue weighted by Crippen LogP contribution is 2.38. The van der Waals surface area contributed by atoms with Crippen LogP contribution in [0.25, 0.3) is 0 Å². The van der Waals surface area contributed by atoms with E-state index < -0.39 is 21.7 Å². The van der Waals surface area contributed by atoms with Crippen molar-refractivity contribution in [3.8, 4) is 0 Å². The fraction of sp³-hybridized carbons (Fsp3) is 0.500. The maximum absolute atomic E-state index is 14.2. The van der Waals surface area contributed by atoms with Crippen LogP contribution in [0.2, 0.25) is 0 Å². The molecule has 2 bridgehead atoms. The van der Waals surface area contributed by atoms with Crippen molar-refractivity contribution in [2.45, 2.75) is 37.1 Å². The van der Waals surface area contributed by atoms with Gasteiger partial charge in [-0.2, -0.15) is 0 Å². The Morgan fingerprint density at radius 2 is 2.10 bits per heavy atom. The zero-order chi connectivity index (χ0) is 15.4. The van der Waals surface area contributed by atoms with Gasteiger partial charge in [0.05, 0.1) is 10.5 Å². The van der Waals surface area contributed by atoms with Gasteiger partial charge in [0.25, 0.3) is 5.91 Å². The number of carbonyl (C=O) groups is 1. The predicted octanol–water partition coefficient (Wildman–Crippen LogP) is 1.41. The standard InChI is InChI=1S/C14H17FN2O3S/c1-8-4-11(21(16,19)20)6-12(13(8)15)14(18)17-7-9-2-3-10(17)5-9/h4,6,9-10H,2-3,5,7H2,1H3,(H2,16,19,20). The molecule has 21 heavy (non-hydrogen) atoms. The number of nitrogens with zero attached hydrogens (tertiary/aromatic N) is 1. The average molecular weight is 312 g/mol. The van der Waals surface area contributed by atoms with Gasteiger partial charge in [-0.25, -0.2) is 17.9 Å². The highest BCUT2D eigenvalue weighted by atomic mass is 32.2. The highest BCUT2D eigenvalue weighted by molar-refractivity contribution is 7.89. The second-order valence-corrected chi connectivity index (χ2v) is 7.50. The Kier molecular flexibility index (Phi) is 3.29. The topological polar surface area (TPSA) is 80.5 Å². The van der Waals surface area contributed by atoms with Crippen molar-refractivity contribution >= 4 is 15.9 Å². The van der Waals surface area contributed by atoms with Gasteiger partial charge in [0, 0.05) is 12.6 Å². The number of amides is 1. The maximum Gasteiger partial charge on any atom is 0.257 e. The lowest BCUT2D eigenvalue weighted by Crippen LogP contribution is -2.38. The second-order valence-electron chi connectivity index (χ2n) is 5.94. The Balaban J connectivity index is 2.01. The lowest BCUT2D eigenvalue weighted by atomic mass is 10.1. The molecule has 2 atom stereocenters. The zero-order valence-corrected chi connectivity index (χ0v) is 12.5. The van der Waals surface area contributed by atoms with Gasteiger partial charge < -0.3 is 4.90 Å². The van der Waals surface area contributed by atoms with E-state index >= 15 is 0 Å². The number of aryl methyl sites for hydroxylation is 1. The van der Waals surface area contributed by atoms with E-state index in [0.29, 0.717) is 12.5 Å². The minimum absolute atomic E-state index is 0.106. The van der Waals surface area contributed by atoms with Gasteiger partial charge in [-0.05, 0) is 49.8 Å². The Bertz CT molecular complexity index is 717. The molecule has 1 amide bonds. The van der Waals surface area contributed by atoms with E-state index in [0.717, 1.165) is 31.4 Å². The molecule has 7 heteroatoms. The average Bonchev–Trinajstić information content (AvgIpc) is 3.02. The van der Waals surface area contributed by atoms with Crippen LogP contribution in [-0.2, 0) is 10.0 Å². The lowest BCUT2D eigenvalue weighted by molar-refractivity contribution is 0.0698. The van der Waals surface area contributed by atoms with Crippen LogP contribution in [-0.4, -0.2) is 31.8 Å². The fourth-order valence-electron chi connectivity index (χ4n) is 3.38. The zero-order valence-electron chi connectivity index (χ0n) is 11.7. The van der Waals surface area contributed by atoms with E-state index in [1.54, 1.807) is 4.90 Å². The van der Waals surface area contributed by atoms with E-state index in [1.807, 2.05) is 0 Å². The Labute approximate surface area is 123 Å². The van der Waals surface area contributed by atoms with Crippen molar-refractivity contribution in [1.29, 1.82) is 0 Å². The number of hydrogen-bond acceptors (Lipinski definition) is 3. The van der Waals surface area contributed by atoms with Crippen molar-refractivity contribution in [3.05, 3.63) is 29.1 Å². The van der Waals surface area contributed by atoms with Crippen LogP contribution >= 0.6 is 0 Å². The largest absolute Gasteiger partial charge is 0.335 e. The minimum Gasteiger partial charge on any atom is -0.335 e. The highest BCUT2D eigenvalue weighted by Gasteiger charge is 2.41. The summed E-state index contributed by atoms with van der Waals surface area (Å²) >= 11 is 0. The molecule has 1 saturated heterocycles. The third kappa shape index (κ3) is 2.44. The second kappa shape index (κ2) is 4.78. The predicted molar refractivity (Wildman–Crippen MR) is 74.7 cm³/mol. The molecular weight excluding hydrogens is 295 g/mol. The molecule has 2 N–H and O–H groups in total. The van der Waals surface area contributed by atoms with E-state index in [9.17, 15) is 17.6 Å². The molecule has 2 aliphatic rings. The first kappa shape index (κ1) is 14.5. The number of benzene rings is 1. The summed E-state index contributed by atoms with van der Waals surface area (Å²) in [5.74, 6) is -0.618. The molecule has 2 unspecified atom stereocenters. The van der Waals surface area contributed by atoms with E-state index in [1.165, 1.54) is 6.92 Å². The Morgan fingerprint density at radius 3 is 2.62 bits per heavy atom. The molecule has 1 heterocycles. The molecule has 5 nitrogen and oxygen atoms in total. The van der Waals surface area contributed by atoms with E-state index in [4.69, 9.17) is 5.14 Å². The van der Waals surface area contributed by atoms with Crippen LogP contribution < -0.4 is 5.14 Å². The van der Waals surface area contributed by atoms with Gasteiger partial charge in [-0.15, -0.1) is 0 Å². The number of likely N-dealkylation sites (tertiary alicyclic amines) is 1. The smallest absolute Gasteiger partial charge is 0.257 e. The summed E-state index contributed by atoms with van der Waals surface area (Å²) in [6, 6.07) is 2.35. The van der Waals surface area contributed by atoms with Crippen molar-refractivity contribution in [2.75, 3.05) is 6.54 Å². The molecule has 1 saturated carbocycles. The number of rotatable bonds is 2. The Morgan fingerprint density at radius 1 is 1.38 bits per heavy atom. The molecular formula is C14H17FN2O3S. The van der Waals surface area contributed by atoms with Crippen LogP contribution in [0, 0.1) is 18.7 Å². The quantitative estimate of drug-likeness (QED) is 0.896. The van der Waals surface area contributed by atoms with Gasteiger partial charge in [0.15, 0.2) is 0 Å². The summed E-state index contributed by atoms with van der Waals surface area (Å²) in [6.45, 7) is 2.05. The van der Waals surface area contributed by atoms with Crippen molar-refractivity contribution < 1.29 is 17.6 Å². The fourth-order valence-corrected chi connectivity index (χ4v) is 4.01. The summed E-state index contributed by atoms with van der Waals surface area (Å²) in [5.41, 5.74) is -0.0965. The maximum atomic E-state index is 14.2. The monoisotopic (exact) mass is 312 g/mol. The van der Waals surface area contributed by atoms with Crippen LogP contribution in [0.4, 0.5) is 4.39 Å². The number of sulfonamides is 1. The summed E-state index contributed by atoms with van der Waals surface area (Å²) in [5, 5.41) is 5.08. The third-order valence-electron chi connectivity index (χ3n) is 4.46. The molecule has 1 aromatic rings. The summed E-state index contributed by atoms with van der Waals surface area (Å²) in [6.07, 6.45) is 3.00. The van der Waals surface area contributed by atoms with Crippen LogP contribution in [0.15, 0.2) is 17.0 Å². The number of piperidine rings is 1. The SMILES string of the molecule is Cc1cc(S(N)(=O)=O)cc(C(=O)N2CC3CCC2C3)c1F. The van der Waals surface area contributed by atoms with E-state index in [2.05, 4.69) is 0 Å². The summed E-state index contributed by atoms with van der Waals surface area (Å²) in [4.78, 5) is 14.0. The van der Waals surface area contributed by atoms with Crippen molar-refractivity contribution in [3.63, 3.8) is 0 Å². The lowest BCUT2D eigenvalue weighted by Gasteiger charge is -2.27. The first-order valence-corrected chi connectivity index (χ1v) is 8.46. The molecule has 2 fully saturated rings. The summed E-state index contributed by atoms with van der Waals surface area (Å²) in [7, 11) is -3.97. The van der Waals surface area contributed by atoms with Gasteiger partial charge >= 0.3 is 0 Å². The number of fused-ring (bicyclic) bond motifs is 2. The van der Waals surface area contributed by atoms with Crippen LogP contribution in [0.5, 0.6) is 0 Å². The van der Waals surface area contributed by atoms with Gasteiger partial charge in [-0.3, -0.25) is 4.79 Å². The molecule has 1 aliphatic heterocycles. The molecule has 0 aromatic heterocycles. The van der Waals surface area contributed by atoms with E-state index in [-0.39, 0.29) is 22.1 Å². The van der Waals surface area contributed by atoms with Crippen LogP contribution in [0.3, 0.4) is 0 Å². The number of carbonyl (C=O) groups excluding carboxylic acids is 1. The molecule has 0 radical (unpaired) electrons.